The lowest BCUT2D eigenvalue weighted by Crippen LogP contribution is -2.46. The smallest absolute Gasteiger partial charge is 0.221 e. The second-order valence-electron chi connectivity index (χ2n) is 4.81. The first-order valence-corrected chi connectivity index (χ1v) is 6.44. The molecule has 1 amide bonds. The van der Waals surface area contributed by atoms with Crippen LogP contribution < -0.4 is 11.1 Å². The molecule has 0 saturated carbocycles. The fourth-order valence-corrected chi connectivity index (χ4v) is 2.00. The molecule has 0 aromatic heterocycles. The Labute approximate surface area is 104 Å². The second kappa shape index (κ2) is 7.63. The first-order valence-electron chi connectivity index (χ1n) is 6.44. The molecule has 0 bridgehead atoms. The Morgan fingerprint density at radius 2 is 2.41 bits per heavy atom. The molecule has 5 heteroatoms. The highest BCUT2D eigenvalue weighted by Crippen LogP contribution is 2.02. The number of likely N-dealkylation sites (N-methyl/N-ethyl adjacent to an activating group) is 1. The summed E-state index contributed by atoms with van der Waals surface area (Å²) in [5, 5.41) is 2.89. The molecule has 0 aromatic carbocycles. The maximum atomic E-state index is 11.6. The van der Waals surface area contributed by atoms with Gasteiger partial charge < -0.3 is 20.7 Å². The van der Waals surface area contributed by atoms with Gasteiger partial charge in [0.05, 0.1) is 12.7 Å². The van der Waals surface area contributed by atoms with Crippen molar-refractivity contribution in [2.24, 2.45) is 5.73 Å². The van der Waals surface area contributed by atoms with E-state index >= 15 is 0 Å². The summed E-state index contributed by atoms with van der Waals surface area (Å²) in [4.78, 5) is 13.8. The lowest BCUT2D eigenvalue weighted by atomic mass is 10.1. The number of ether oxygens (including phenoxy) is 1. The van der Waals surface area contributed by atoms with E-state index < -0.39 is 0 Å². The summed E-state index contributed by atoms with van der Waals surface area (Å²) in [5.41, 5.74) is 5.82. The first kappa shape index (κ1) is 14.4. The topological polar surface area (TPSA) is 67.6 Å². The van der Waals surface area contributed by atoms with Gasteiger partial charge in [-0.15, -0.1) is 0 Å². The molecule has 0 spiro atoms. The van der Waals surface area contributed by atoms with Crippen molar-refractivity contribution in [3.8, 4) is 0 Å². The van der Waals surface area contributed by atoms with Crippen molar-refractivity contribution in [2.45, 2.75) is 38.3 Å². The number of carbonyl (C=O) groups is 1. The van der Waals surface area contributed by atoms with E-state index in [-0.39, 0.29) is 18.1 Å². The van der Waals surface area contributed by atoms with Crippen LogP contribution in [0.2, 0.25) is 0 Å². The Hall–Kier alpha value is -0.650. The minimum Gasteiger partial charge on any atom is -0.374 e. The Bertz CT molecular complexity index is 236. The SMILES string of the molecule is CCCC(N)CC(=O)NCC1CN(C)CCO1. The number of hydrogen-bond donors (Lipinski definition) is 2. The maximum Gasteiger partial charge on any atom is 0.221 e. The average molecular weight is 243 g/mol. The van der Waals surface area contributed by atoms with Crippen molar-refractivity contribution in [3.63, 3.8) is 0 Å². The van der Waals surface area contributed by atoms with Crippen LogP contribution >= 0.6 is 0 Å². The minimum absolute atomic E-state index is 0.0186. The molecule has 0 aliphatic carbocycles. The van der Waals surface area contributed by atoms with Crippen LogP contribution in [0.1, 0.15) is 26.2 Å². The molecule has 0 aromatic rings. The quantitative estimate of drug-likeness (QED) is 0.686. The highest BCUT2D eigenvalue weighted by molar-refractivity contribution is 5.76. The second-order valence-corrected chi connectivity index (χ2v) is 4.81. The third-order valence-corrected chi connectivity index (χ3v) is 2.98. The zero-order chi connectivity index (χ0) is 12.7. The largest absolute Gasteiger partial charge is 0.374 e. The molecule has 5 nitrogen and oxygen atoms in total. The van der Waals surface area contributed by atoms with Crippen molar-refractivity contribution in [1.82, 2.24) is 10.2 Å². The molecule has 0 radical (unpaired) electrons. The van der Waals surface area contributed by atoms with E-state index in [2.05, 4.69) is 24.2 Å². The fraction of sp³-hybridized carbons (Fsp3) is 0.917. The number of morpholine rings is 1. The van der Waals surface area contributed by atoms with Crippen LogP contribution in [-0.4, -0.2) is 56.2 Å². The van der Waals surface area contributed by atoms with Gasteiger partial charge in [0.2, 0.25) is 5.91 Å². The van der Waals surface area contributed by atoms with Crippen LogP contribution in [-0.2, 0) is 9.53 Å². The van der Waals surface area contributed by atoms with Crippen LogP contribution in [0, 0.1) is 0 Å². The molecule has 1 saturated heterocycles. The molecule has 1 fully saturated rings. The van der Waals surface area contributed by atoms with Crippen molar-refractivity contribution < 1.29 is 9.53 Å². The molecule has 17 heavy (non-hydrogen) atoms. The highest BCUT2D eigenvalue weighted by atomic mass is 16.5. The van der Waals surface area contributed by atoms with E-state index in [1.165, 1.54) is 0 Å². The number of hydrogen-bond acceptors (Lipinski definition) is 4. The predicted octanol–water partition coefficient (Wildman–Crippen LogP) is -0.0493. The van der Waals surface area contributed by atoms with Crippen LogP contribution in [0.25, 0.3) is 0 Å². The van der Waals surface area contributed by atoms with Crippen molar-refractivity contribution in [2.75, 3.05) is 33.3 Å². The molecule has 1 heterocycles. The van der Waals surface area contributed by atoms with Crippen LogP contribution in [0.5, 0.6) is 0 Å². The maximum absolute atomic E-state index is 11.6. The Morgan fingerprint density at radius 1 is 1.65 bits per heavy atom. The van der Waals surface area contributed by atoms with Gasteiger partial charge >= 0.3 is 0 Å². The molecule has 100 valence electrons. The predicted molar refractivity (Wildman–Crippen MR) is 67.7 cm³/mol. The summed E-state index contributed by atoms with van der Waals surface area (Å²) in [5.74, 6) is 0.0303. The third kappa shape index (κ3) is 6.00. The summed E-state index contributed by atoms with van der Waals surface area (Å²) in [6.45, 7) is 5.24. The zero-order valence-electron chi connectivity index (χ0n) is 10.9. The van der Waals surface area contributed by atoms with Gasteiger partial charge in [-0.05, 0) is 13.5 Å². The summed E-state index contributed by atoms with van der Waals surface area (Å²) in [6.07, 6.45) is 2.44. The van der Waals surface area contributed by atoms with Gasteiger partial charge in [-0.25, -0.2) is 0 Å². The Morgan fingerprint density at radius 3 is 3.06 bits per heavy atom. The van der Waals surface area contributed by atoms with Gasteiger partial charge in [0.15, 0.2) is 0 Å². The summed E-state index contributed by atoms with van der Waals surface area (Å²) in [6, 6.07) is -0.0186. The molecular weight excluding hydrogens is 218 g/mol. The molecule has 2 unspecified atom stereocenters. The number of nitrogens with zero attached hydrogens (tertiary/aromatic N) is 1. The number of nitrogens with two attached hydrogens (primary N) is 1. The van der Waals surface area contributed by atoms with E-state index in [0.717, 1.165) is 32.5 Å². The third-order valence-electron chi connectivity index (χ3n) is 2.98. The fourth-order valence-electron chi connectivity index (χ4n) is 2.00. The highest BCUT2D eigenvalue weighted by Gasteiger charge is 2.18. The summed E-state index contributed by atoms with van der Waals surface area (Å²) < 4.78 is 5.56. The molecule has 1 aliphatic rings. The van der Waals surface area contributed by atoms with Crippen molar-refractivity contribution >= 4 is 5.91 Å². The van der Waals surface area contributed by atoms with Gasteiger partial charge in [0, 0.05) is 32.1 Å². The number of rotatable bonds is 6. The van der Waals surface area contributed by atoms with E-state index in [0.29, 0.717) is 13.0 Å². The number of amides is 1. The molecular formula is C12H25N3O2. The van der Waals surface area contributed by atoms with Crippen molar-refractivity contribution in [3.05, 3.63) is 0 Å². The normalized spacial score (nSPS) is 23.4. The van der Waals surface area contributed by atoms with Gasteiger partial charge in [-0.3, -0.25) is 4.79 Å². The van der Waals surface area contributed by atoms with E-state index in [1.807, 2.05) is 0 Å². The van der Waals surface area contributed by atoms with Crippen LogP contribution in [0.3, 0.4) is 0 Å². The van der Waals surface area contributed by atoms with Gasteiger partial charge in [0.1, 0.15) is 0 Å². The summed E-state index contributed by atoms with van der Waals surface area (Å²) >= 11 is 0. The minimum atomic E-state index is -0.0186. The molecule has 1 rings (SSSR count). The monoisotopic (exact) mass is 243 g/mol. The first-order chi connectivity index (χ1) is 8.11. The molecule has 2 atom stereocenters. The van der Waals surface area contributed by atoms with E-state index in [4.69, 9.17) is 10.5 Å². The summed E-state index contributed by atoms with van der Waals surface area (Å²) in [7, 11) is 2.06. The lowest BCUT2D eigenvalue weighted by molar-refractivity contribution is -0.122. The Kier molecular flexibility index (Phi) is 6.47. The molecule has 1 aliphatic heterocycles. The van der Waals surface area contributed by atoms with Crippen LogP contribution in [0.4, 0.5) is 0 Å². The average Bonchev–Trinajstić information content (AvgIpc) is 2.27. The standard InChI is InChI=1S/C12H25N3O2/c1-3-4-10(13)7-12(16)14-8-11-9-15(2)5-6-17-11/h10-11H,3-9,13H2,1-2H3,(H,14,16). The van der Waals surface area contributed by atoms with Crippen molar-refractivity contribution in [1.29, 1.82) is 0 Å². The van der Waals surface area contributed by atoms with Crippen LogP contribution in [0.15, 0.2) is 0 Å². The Balaban J connectivity index is 2.14. The van der Waals surface area contributed by atoms with Gasteiger partial charge in [-0.1, -0.05) is 13.3 Å². The van der Waals surface area contributed by atoms with E-state index in [9.17, 15) is 4.79 Å². The number of nitrogens with one attached hydrogen (secondary N) is 1. The van der Waals surface area contributed by atoms with Gasteiger partial charge in [0.25, 0.3) is 0 Å². The molecule has 3 N–H and O–H groups in total. The zero-order valence-corrected chi connectivity index (χ0v) is 10.9. The van der Waals surface area contributed by atoms with E-state index in [1.54, 1.807) is 0 Å². The van der Waals surface area contributed by atoms with Gasteiger partial charge in [-0.2, -0.15) is 0 Å². The lowest BCUT2D eigenvalue weighted by Gasteiger charge is -2.30. The number of carbonyl (C=O) groups excluding carboxylic acids is 1.